The van der Waals surface area contributed by atoms with E-state index in [0.29, 0.717) is 34.3 Å². The Bertz CT molecular complexity index is 975. The first-order valence-electron chi connectivity index (χ1n) is 9.30. The third-order valence-electron chi connectivity index (χ3n) is 5.13. The lowest BCUT2D eigenvalue weighted by Gasteiger charge is -2.32. The molecule has 2 aliphatic heterocycles. The topological polar surface area (TPSA) is 62.0 Å². The maximum Gasteiger partial charge on any atom is 0.283 e. The van der Waals surface area contributed by atoms with Gasteiger partial charge in [-0.25, -0.2) is 0 Å². The zero-order chi connectivity index (χ0) is 19.9. The van der Waals surface area contributed by atoms with Gasteiger partial charge < -0.3 is 18.8 Å². The molecule has 28 heavy (non-hydrogen) atoms. The Labute approximate surface area is 172 Å². The number of rotatable bonds is 4. The van der Waals surface area contributed by atoms with Crippen LogP contribution in [0.1, 0.15) is 41.2 Å². The van der Waals surface area contributed by atoms with Gasteiger partial charge in [-0.1, -0.05) is 22.9 Å². The summed E-state index contributed by atoms with van der Waals surface area (Å²) in [5.74, 6) is 0.0805. The summed E-state index contributed by atoms with van der Waals surface area (Å²) < 4.78 is 19.0. The van der Waals surface area contributed by atoms with E-state index in [2.05, 4.69) is 23.4 Å². The maximum absolute atomic E-state index is 13.0. The average Bonchev–Trinajstić information content (AvgIpc) is 2.96. The zero-order valence-corrected chi connectivity index (χ0v) is 17.7. The molecule has 0 saturated carbocycles. The Morgan fingerprint density at radius 1 is 1.43 bits per heavy atom. The monoisotopic (exact) mass is 422 g/mol. The summed E-state index contributed by atoms with van der Waals surface area (Å²) in [7, 11) is 1.53. The lowest BCUT2D eigenvalue weighted by molar-refractivity contribution is -0.0617. The highest BCUT2D eigenvalue weighted by Gasteiger charge is 2.34. The summed E-state index contributed by atoms with van der Waals surface area (Å²) in [4.78, 5) is 19.2. The molecule has 1 fully saturated rings. The highest BCUT2D eigenvalue weighted by Crippen LogP contribution is 2.35. The van der Waals surface area contributed by atoms with Gasteiger partial charge in [-0.05, 0) is 38.5 Å². The lowest BCUT2D eigenvalue weighted by Crippen LogP contribution is -2.36. The van der Waals surface area contributed by atoms with Crippen LogP contribution in [0.15, 0.2) is 23.2 Å². The summed E-state index contributed by atoms with van der Waals surface area (Å²) in [5.41, 5.74) is 1.13. The largest absolute Gasteiger partial charge is 0.496 e. The predicted molar refractivity (Wildman–Crippen MR) is 107 cm³/mol. The molecule has 0 spiro atoms. The van der Waals surface area contributed by atoms with Crippen LogP contribution in [0.5, 0.6) is 5.75 Å². The summed E-state index contributed by atoms with van der Waals surface area (Å²) in [6.45, 7) is 6.24. The van der Waals surface area contributed by atoms with E-state index in [9.17, 15) is 4.79 Å². The number of hydrogen-bond donors (Lipinski definition) is 0. The maximum atomic E-state index is 13.0. The van der Waals surface area contributed by atoms with Gasteiger partial charge in [-0.15, -0.1) is 0 Å². The van der Waals surface area contributed by atoms with Crippen molar-refractivity contribution in [3.63, 3.8) is 0 Å². The van der Waals surface area contributed by atoms with E-state index in [-0.39, 0.29) is 12.0 Å². The number of nitrogens with zero attached hydrogens (tertiary/aromatic N) is 2. The lowest BCUT2D eigenvalue weighted by atomic mass is 10.0. The predicted octanol–water partition coefficient (Wildman–Crippen LogP) is 3.55. The number of carbonyl (C=O) groups is 1. The van der Waals surface area contributed by atoms with E-state index in [1.807, 2.05) is 0 Å². The second kappa shape index (κ2) is 7.63. The van der Waals surface area contributed by atoms with Gasteiger partial charge in [0, 0.05) is 23.7 Å². The molecule has 3 heterocycles. The molecule has 6 nitrogen and oxygen atoms in total. The molecule has 8 heteroatoms. The molecule has 1 aromatic heterocycles. The average molecular weight is 423 g/mol. The number of methoxy groups -OCH3 is 1. The minimum Gasteiger partial charge on any atom is -0.496 e. The van der Waals surface area contributed by atoms with Crippen LogP contribution in [0, 0.1) is 0 Å². The normalized spacial score (nSPS) is 21.1. The number of thiazole rings is 1. The zero-order valence-electron chi connectivity index (χ0n) is 16.2. The van der Waals surface area contributed by atoms with E-state index in [4.69, 9.17) is 25.8 Å². The molecule has 1 atom stereocenters. The molecule has 1 amide bonds. The minimum atomic E-state index is -0.398. The number of ether oxygens (including phenoxy) is 3. The van der Waals surface area contributed by atoms with Crippen LogP contribution in [-0.4, -0.2) is 36.9 Å². The van der Waals surface area contributed by atoms with Crippen molar-refractivity contribution in [2.75, 3.05) is 20.3 Å². The van der Waals surface area contributed by atoms with E-state index in [1.54, 1.807) is 18.2 Å². The fourth-order valence-electron chi connectivity index (χ4n) is 3.53. The number of carbonyl (C=O) groups excluding carboxylic acids is 1. The van der Waals surface area contributed by atoms with Gasteiger partial charge in [0.15, 0.2) is 4.80 Å². The molecule has 150 valence electrons. The van der Waals surface area contributed by atoms with Crippen LogP contribution >= 0.6 is 22.9 Å². The Kier molecular flexibility index (Phi) is 5.35. The van der Waals surface area contributed by atoms with Gasteiger partial charge in [0.2, 0.25) is 0 Å². The van der Waals surface area contributed by atoms with Gasteiger partial charge in [0.1, 0.15) is 5.75 Å². The Balaban J connectivity index is 1.81. The van der Waals surface area contributed by atoms with Gasteiger partial charge >= 0.3 is 0 Å². The first-order chi connectivity index (χ1) is 13.4. The van der Waals surface area contributed by atoms with Crippen molar-refractivity contribution in [3.05, 3.63) is 44.2 Å². The number of fused-ring (bicyclic) bond motifs is 1. The molecular formula is C20H23ClN2O4S. The Morgan fingerprint density at radius 2 is 2.21 bits per heavy atom. The molecule has 1 unspecified atom stereocenters. The van der Waals surface area contributed by atoms with Gasteiger partial charge in [0.05, 0.1) is 42.4 Å². The first kappa shape index (κ1) is 19.6. The summed E-state index contributed by atoms with van der Waals surface area (Å²) in [6.07, 6.45) is 1.98. The highest BCUT2D eigenvalue weighted by molar-refractivity contribution is 7.09. The molecule has 1 saturated heterocycles. The van der Waals surface area contributed by atoms with Gasteiger partial charge in [0.25, 0.3) is 5.91 Å². The van der Waals surface area contributed by atoms with Crippen LogP contribution in [0.4, 0.5) is 0 Å². The molecule has 1 aromatic carbocycles. The van der Waals surface area contributed by atoms with Gasteiger partial charge in [-0.2, -0.15) is 4.99 Å². The molecular weight excluding hydrogens is 400 g/mol. The molecule has 2 aliphatic rings. The molecule has 2 aromatic rings. The standard InChI is InChI=1S/C20H23ClN2O4S/c1-20(2)17-15(7-9-27-20)23(11-13-6-8-26-13)19(28-17)22-18(24)14-10-12(21)4-5-16(14)25-3/h4-5,10,13H,6-9,11H2,1-3H3. The number of aromatic nitrogens is 1. The first-order valence-corrected chi connectivity index (χ1v) is 10.5. The third kappa shape index (κ3) is 3.64. The molecule has 0 aliphatic carbocycles. The minimum absolute atomic E-state index is 0.166. The molecule has 0 N–H and O–H groups in total. The van der Waals surface area contributed by atoms with Crippen molar-refractivity contribution in [3.8, 4) is 5.75 Å². The van der Waals surface area contributed by atoms with Crippen molar-refractivity contribution in [2.45, 2.75) is 44.9 Å². The van der Waals surface area contributed by atoms with E-state index in [0.717, 1.165) is 24.3 Å². The molecule has 4 rings (SSSR count). The van der Waals surface area contributed by atoms with Crippen molar-refractivity contribution in [2.24, 2.45) is 4.99 Å². The summed E-state index contributed by atoms with van der Waals surface area (Å²) in [5, 5.41) is 0.468. The number of hydrogen-bond acceptors (Lipinski definition) is 5. The van der Waals surface area contributed by atoms with E-state index >= 15 is 0 Å². The van der Waals surface area contributed by atoms with Crippen molar-refractivity contribution < 1.29 is 19.0 Å². The number of benzene rings is 1. The quantitative estimate of drug-likeness (QED) is 0.755. The van der Waals surface area contributed by atoms with Crippen molar-refractivity contribution in [1.29, 1.82) is 0 Å². The molecule has 0 bridgehead atoms. The highest BCUT2D eigenvalue weighted by atomic mass is 35.5. The molecule has 0 radical (unpaired) electrons. The van der Waals surface area contributed by atoms with Crippen LogP contribution in [0.3, 0.4) is 0 Å². The summed E-state index contributed by atoms with van der Waals surface area (Å²) >= 11 is 7.59. The second-order valence-electron chi connectivity index (χ2n) is 7.42. The summed E-state index contributed by atoms with van der Waals surface area (Å²) in [6, 6.07) is 4.96. The Hall–Kier alpha value is -1.67. The van der Waals surface area contributed by atoms with E-state index < -0.39 is 5.60 Å². The fraction of sp³-hybridized carbons (Fsp3) is 0.500. The van der Waals surface area contributed by atoms with Crippen molar-refractivity contribution in [1.82, 2.24) is 4.57 Å². The van der Waals surface area contributed by atoms with E-state index in [1.165, 1.54) is 24.1 Å². The van der Waals surface area contributed by atoms with Crippen LogP contribution < -0.4 is 9.54 Å². The smallest absolute Gasteiger partial charge is 0.283 e. The number of amides is 1. The van der Waals surface area contributed by atoms with Gasteiger partial charge in [-0.3, -0.25) is 4.79 Å². The SMILES string of the molecule is COc1ccc(Cl)cc1C(=O)N=c1sc2c(n1CC1CCO1)CCOC2(C)C. The Morgan fingerprint density at radius 3 is 2.89 bits per heavy atom. The number of halogens is 1. The van der Waals surface area contributed by atoms with Crippen LogP contribution in [0.25, 0.3) is 0 Å². The van der Waals surface area contributed by atoms with Crippen molar-refractivity contribution >= 4 is 28.8 Å². The fourth-order valence-corrected chi connectivity index (χ4v) is 4.94. The third-order valence-corrected chi connectivity index (χ3v) is 6.79. The van der Waals surface area contributed by atoms with Crippen LogP contribution in [-0.2, 0) is 28.0 Å². The second-order valence-corrected chi connectivity index (χ2v) is 8.84. The van der Waals surface area contributed by atoms with Crippen LogP contribution in [0.2, 0.25) is 5.02 Å².